The average molecular weight is 322 g/mol. The van der Waals surface area contributed by atoms with Crippen LogP contribution in [-0.2, 0) is 18.2 Å². The van der Waals surface area contributed by atoms with Crippen LogP contribution < -0.4 is 80.4 Å². The summed E-state index contributed by atoms with van der Waals surface area (Å²) in [6.07, 6.45) is 0.932. The molecular weight excluding hydrogens is 304 g/mol. The molecule has 8 nitrogen and oxygen atoms in total. The van der Waals surface area contributed by atoms with E-state index in [1.54, 1.807) is 0 Å². The van der Waals surface area contributed by atoms with E-state index in [1.807, 2.05) is 0 Å². The first kappa shape index (κ1) is 28.4. The van der Waals surface area contributed by atoms with Crippen molar-refractivity contribution in [1.29, 1.82) is 0 Å². The van der Waals surface area contributed by atoms with Crippen LogP contribution in [0.25, 0.3) is 0 Å². The molecule has 100 valence electrons. The Hall–Kier alpha value is 2.22. The van der Waals surface area contributed by atoms with Gasteiger partial charge >= 0.3 is 59.1 Å². The van der Waals surface area contributed by atoms with Crippen molar-refractivity contribution in [2.24, 2.45) is 11.5 Å². The van der Waals surface area contributed by atoms with Gasteiger partial charge in [-0.15, -0.1) is 0 Å². The fraction of sp³-hybridized carbons (Fsp3) is 1.00. The first-order valence-corrected chi connectivity index (χ1v) is 7.07. The zero-order chi connectivity index (χ0) is 12.8. The second-order valence-electron chi connectivity index (χ2n) is 2.48. The Morgan fingerprint density at radius 3 is 1.28 bits per heavy atom. The van der Waals surface area contributed by atoms with E-state index >= 15 is 0 Å². The SMILES string of the molecule is NCCN.O=[PH]([O-])OCCCCO[PH](=O)[O-].[Na+].[Na+]. The summed E-state index contributed by atoms with van der Waals surface area (Å²) < 4.78 is 28.2. The topological polar surface area (TPSA) is 151 Å². The normalized spacial score (nSPS) is 12.2. The van der Waals surface area contributed by atoms with E-state index < -0.39 is 16.5 Å². The Kier molecular flexibility index (Phi) is 38.3. The predicted molar refractivity (Wildman–Crippen MR) is 57.2 cm³/mol. The van der Waals surface area contributed by atoms with Crippen LogP contribution in [0.3, 0.4) is 0 Å². The smallest absolute Gasteiger partial charge is 0.781 e. The van der Waals surface area contributed by atoms with Crippen LogP contribution in [0.4, 0.5) is 0 Å². The first-order valence-electron chi connectivity index (χ1n) is 4.62. The molecule has 0 aromatic rings. The molecule has 18 heavy (non-hydrogen) atoms. The largest absolute Gasteiger partial charge is 1.00 e. The summed E-state index contributed by atoms with van der Waals surface area (Å²) in [4.78, 5) is 19.7. The summed E-state index contributed by atoms with van der Waals surface area (Å²) in [6.45, 7) is 1.37. The Labute approximate surface area is 153 Å². The number of hydrogen-bond donors (Lipinski definition) is 2. The zero-order valence-corrected chi connectivity index (χ0v) is 16.8. The fourth-order valence-electron chi connectivity index (χ4n) is 0.515. The summed E-state index contributed by atoms with van der Waals surface area (Å²) in [5.41, 5.74) is 9.81. The van der Waals surface area contributed by atoms with Gasteiger partial charge in [0.05, 0.1) is 13.2 Å². The minimum Gasteiger partial charge on any atom is -0.781 e. The quantitative estimate of drug-likeness (QED) is 0.254. The van der Waals surface area contributed by atoms with Crippen LogP contribution in [0.5, 0.6) is 0 Å². The fourth-order valence-corrected chi connectivity index (χ4v) is 1.14. The van der Waals surface area contributed by atoms with Crippen LogP contribution in [0.1, 0.15) is 12.8 Å². The molecule has 0 rings (SSSR count). The Bertz CT molecular complexity index is 183. The Morgan fingerprint density at radius 1 is 0.833 bits per heavy atom. The maximum absolute atomic E-state index is 9.87. The van der Waals surface area contributed by atoms with Crippen LogP contribution >= 0.6 is 16.5 Å². The molecule has 4 N–H and O–H groups in total. The third-order valence-corrected chi connectivity index (χ3v) is 2.02. The second-order valence-corrected chi connectivity index (χ2v) is 4.06. The molecule has 0 radical (unpaired) electrons. The van der Waals surface area contributed by atoms with E-state index in [1.165, 1.54) is 0 Å². The monoisotopic (exact) mass is 322 g/mol. The molecule has 0 saturated carbocycles. The molecule has 0 aromatic heterocycles. The van der Waals surface area contributed by atoms with Crippen LogP contribution in [-0.4, -0.2) is 26.3 Å². The third kappa shape index (κ3) is 36.2. The van der Waals surface area contributed by atoms with Crippen molar-refractivity contribution in [3.8, 4) is 0 Å². The average Bonchev–Trinajstić information content (AvgIpc) is 2.23. The van der Waals surface area contributed by atoms with Gasteiger partial charge < -0.3 is 39.4 Å². The summed E-state index contributed by atoms with van der Waals surface area (Å²) >= 11 is 0. The van der Waals surface area contributed by atoms with Gasteiger partial charge in [-0.2, -0.15) is 0 Å². The van der Waals surface area contributed by atoms with Gasteiger partial charge in [0.15, 0.2) is 0 Å². The van der Waals surface area contributed by atoms with Crippen molar-refractivity contribution in [2.75, 3.05) is 26.3 Å². The molecular formula is C6H18N2Na2O6P2. The van der Waals surface area contributed by atoms with Crippen LogP contribution in [0, 0.1) is 0 Å². The summed E-state index contributed by atoms with van der Waals surface area (Å²) in [5, 5.41) is 0. The van der Waals surface area contributed by atoms with Crippen LogP contribution in [0.2, 0.25) is 0 Å². The van der Waals surface area contributed by atoms with Crippen molar-refractivity contribution < 1.29 is 87.1 Å². The van der Waals surface area contributed by atoms with Gasteiger partial charge in [-0.25, -0.2) is 0 Å². The molecule has 12 heteroatoms. The third-order valence-electron chi connectivity index (χ3n) is 1.15. The molecule has 2 atom stereocenters. The minimum atomic E-state index is -3.10. The van der Waals surface area contributed by atoms with E-state index in [2.05, 4.69) is 9.05 Å². The second kappa shape index (κ2) is 24.3. The van der Waals surface area contributed by atoms with E-state index in [4.69, 9.17) is 11.5 Å². The van der Waals surface area contributed by atoms with Crippen LogP contribution in [0.15, 0.2) is 0 Å². The van der Waals surface area contributed by atoms with E-state index in [-0.39, 0.29) is 72.3 Å². The Morgan fingerprint density at radius 2 is 1.11 bits per heavy atom. The molecule has 0 amide bonds. The van der Waals surface area contributed by atoms with E-state index in [0.29, 0.717) is 25.9 Å². The van der Waals surface area contributed by atoms with Crippen molar-refractivity contribution in [3.05, 3.63) is 0 Å². The molecule has 0 aromatic carbocycles. The Balaban J connectivity index is -0.000000143. The molecule has 0 aliphatic heterocycles. The molecule has 2 unspecified atom stereocenters. The summed E-state index contributed by atoms with van der Waals surface area (Å²) in [7, 11) is -6.19. The molecule has 0 aliphatic rings. The molecule has 0 bridgehead atoms. The summed E-state index contributed by atoms with van der Waals surface area (Å²) in [5.74, 6) is 0. The summed E-state index contributed by atoms with van der Waals surface area (Å²) in [6, 6.07) is 0. The van der Waals surface area contributed by atoms with Gasteiger partial charge in [-0.3, -0.25) is 0 Å². The van der Waals surface area contributed by atoms with Gasteiger partial charge in [0.2, 0.25) is 0 Å². The molecule has 0 spiro atoms. The standard InChI is InChI=1S/C4H12O6P2.C2H8N2.2Na/c5-11(6)9-3-1-2-4-10-12(7)8;3-1-2-4;;/h11-12H,1-4H2,(H,5,6)(H,7,8);1-4H2;;/q;;2*+1/p-2. The number of hydrogen-bond acceptors (Lipinski definition) is 8. The van der Waals surface area contributed by atoms with Gasteiger partial charge in [0, 0.05) is 13.1 Å². The first-order chi connectivity index (χ1) is 7.54. The number of rotatable bonds is 8. The van der Waals surface area contributed by atoms with Gasteiger partial charge in [-0.1, -0.05) is 0 Å². The molecule has 0 fully saturated rings. The van der Waals surface area contributed by atoms with E-state index in [9.17, 15) is 18.9 Å². The zero-order valence-electron chi connectivity index (χ0n) is 10.8. The number of unbranched alkanes of at least 4 members (excludes halogenated alkanes) is 1. The van der Waals surface area contributed by atoms with Gasteiger partial charge in [-0.05, 0) is 12.8 Å². The van der Waals surface area contributed by atoms with Crippen molar-refractivity contribution in [3.63, 3.8) is 0 Å². The molecule has 0 saturated heterocycles. The van der Waals surface area contributed by atoms with Crippen molar-refractivity contribution in [1.82, 2.24) is 0 Å². The maximum Gasteiger partial charge on any atom is 1.00 e. The van der Waals surface area contributed by atoms with Crippen molar-refractivity contribution in [2.45, 2.75) is 12.8 Å². The van der Waals surface area contributed by atoms with E-state index in [0.717, 1.165) is 0 Å². The minimum absolute atomic E-state index is 0. The number of nitrogens with two attached hydrogens (primary N) is 2. The van der Waals surface area contributed by atoms with Gasteiger partial charge in [0.1, 0.15) is 16.5 Å². The molecule has 0 aliphatic carbocycles. The van der Waals surface area contributed by atoms with Crippen molar-refractivity contribution >= 4 is 16.5 Å². The van der Waals surface area contributed by atoms with Gasteiger partial charge in [0.25, 0.3) is 0 Å². The molecule has 0 heterocycles. The maximum atomic E-state index is 9.87. The predicted octanol–water partition coefficient (Wildman–Crippen LogP) is -7.79.